The van der Waals surface area contributed by atoms with Crippen molar-refractivity contribution in [2.75, 3.05) is 11.4 Å². The van der Waals surface area contributed by atoms with E-state index in [2.05, 4.69) is 0 Å². The number of nitrogens with zero attached hydrogens (tertiary/aromatic N) is 2. The van der Waals surface area contributed by atoms with Crippen molar-refractivity contribution < 1.29 is 14.4 Å². The minimum atomic E-state index is -0.887. The third kappa shape index (κ3) is 5.61. The standard InChI is InChI=1S/C26H21Cl3N2O3/c27-19-6-4-18(5-7-19)15-24(32)30(13-12-17-2-1-3-21(29)14-17)23-16-25(33)31(26(23)34)22-10-8-20(28)9-11-22/h1-11,14,23H,12-13,15-16H2. The molecular formula is C26H21Cl3N2O3. The van der Waals surface area contributed by atoms with Crippen LogP contribution in [0, 0.1) is 0 Å². The van der Waals surface area contributed by atoms with Gasteiger partial charge in [0, 0.05) is 21.6 Å². The molecule has 5 nitrogen and oxygen atoms in total. The highest BCUT2D eigenvalue weighted by Crippen LogP contribution is 2.28. The molecule has 1 unspecified atom stereocenters. The summed E-state index contributed by atoms with van der Waals surface area (Å²) in [5, 5.41) is 1.67. The molecule has 0 aliphatic carbocycles. The van der Waals surface area contributed by atoms with Gasteiger partial charge in [-0.3, -0.25) is 14.4 Å². The van der Waals surface area contributed by atoms with Gasteiger partial charge in [-0.05, 0) is 66.1 Å². The van der Waals surface area contributed by atoms with Crippen molar-refractivity contribution >= 4 is 58.2 Å². The molecule has 1 aliphatic rings. The number of halogens is 3. The third-order valence-corrected chi connectivity index (χ3v) is 6.44. The summed E-state index contributed by atoms with van der Waals surface area (Å²) in [5.41, 5.74) is 2.14. The first-order valence-electron chi connectivity index (χ1n) is 10.7. The number of hydrogen-bond donors (Lipinski definition) is 0. The summed E-state index contributed by atoms with van der Waals surface area (Å²) in [7, 11) is 0. The zero-order chi connectivity index (χ0) is 24.2. The van der Waals surface area contributed by atoms with Crippen molar-refractivity contribution in [3.63, 3.8) is 0 Å². The van der Waals surface area contributed by atoms with E-state index in [1.54, 1.807) is 54.6 Å². The zero-order valence-corrected chi connectivity index (χ0v) is 20.4. The van der Waals surface area contributed by atoms with Gasteiger partial charge in [0.25, 0.3) is 5.91 Å². The van der Waals surface area contributed by atoms with Gasteiger partial charge in [0.05, 0.1) is 18.5 Å². The van der Waals surface area contributed by atoms with E-state index in [0.29, 0.717) is 27.2 Å². The number of benzene rings is 3. The Kier molecular flexibility index (Phi) is 7.57. The summed E-state index contributed by atoms with van der Waals surface area (Å²) in [5.74, 6) is -1.03. The molecule has 34 heavy (non-hydrogen) atoms. The number of carbonyl (C=O) groups excluding carboxylic acids is 3. The van der Waals surface area contributed by atoms with Gasteiger partial charge in [0.1, 0.15) is 6.04 Å². The topological polar surface area (TPSA) is 57.7 Å². The Morgan fingerprint density at radius 2 is 1.50 bits per heavy atom. The van der Waals surface area contributed by atoms with E-state index in [1.807, 2.05) is 18.2 Å². The predicted molar refractivity (Wildman–Crippen MR) is 134 cm³/mol. The summed E-state index contributed by atoms with van der Waals surface area (Å²) in [6.07, 6.45) is 0.501. The Bertz CT molecular complexity index is 1210. The molecule has 0 bridgehead atoms. The maximum Gasteiger partial charge on any atom is 0.257 e. The van der Waals surface area contributed by atoms with Gasteiger partial charge in [0.15, 0.2) is 0 Å². The van der Waals surface area contributed by atoms with Crippen LogP contribution in [-0.2, 0) is 27.2 Å². The largest absolute Gasteiger partial charge is 0.329 e. The molecule has 0 saturated carbocycles. The SMILES string of the molecule is O=C1CC(N(CCc2cccc(Cl)c2)C(=O)Cc2ccc(Cl)cc2)C(=O)N1c1ccc(Cl)cc1. The number of amides is 3. The van der Waals surface area contributed by atoms with Crippen molar-refractivity contribution in [1.29, 1.82) is 0 Å². The number of rotatable bonds is 7. The minimum absolute atomic E-state index is 0.0800. The lowest BCUT2D eigenvalue weighted by Gasteiger charge is -2.28. The molecule has 0 N–H and O–H groups in total. The molecule has 1 atom stereocenters. The molecule has 1 heterocycles. The van der Waals surface area contributed by atoms with Crippen LogP contribution in [0.1, 0.15) is 17.5 Å². The quantitative estimate of drug-likeness (QED) is 0.385. The lowest BCUT2D eigenvalue weighted by atomic mass is 10.1. The second kappa shape index (κ2) is 10.6. The average molecular weight is 516 g/mol. The first-order valence-corrected chi connectivity index (χ1v) is 11.9. The summed E-state index contributed by atoms with van der Waals surface area (Å²) in [4.78, 5) is 42.2. The maximum absolute atomic E-state index is 13.4. The second-order valence-corrected chi connectivity index (χ2v) is 9.34. The number of carbonyl (C=O) groups is 3. The molecule has 8 heteroatoms. The van der Waals surface area contributed by atoms with Crippen LogP contribution >= 0.6 is 34.8 Å². The van der Waals surface area contributed by atoms with E-state index in [4.69, 9.17) is 34.8 Å². The third-order valence-electron chi connectivity index (χ3n) is 5.70. The predicted octanol–water partition coefficient (Wildman–Crippen LogP) is 5.59. The molecule has 1 saturated heterocycles. The molecule has 0 spiro atoms. The highest BCUT2D eigenvalue weighted by Gasteiger charge is 2.44. The van der Waals surface area contributed by atoms with Crippen molar-refractivity contribution in [1.82, 2.24) is 4.90 Å². The van der Waals surface area contributed by atoms with Crippen molar-refractivity contribution in [2.24, 2.45) is 0 Å². The van der Waals surface area contributed by atoms with Crippen molar-refractivity contribution in [3.8, 4) is 0 Å². The molecule has 1 fully saturated rings. The number of imide groups is 1. The van der Waals surface area contributed by atoms with Gasteiger partial charge < -0.3 is 4.90 Å². The molecular weight excluding hydrogens is 495 g/mol. The fourth-order valence-corrected chi connectivity index (χ4v) is 4.46. The van der Waals surface area contributed by atoms with Gasteiger partial charge >= 0.3 is 0 Å². The van der Waals surface area contributed by atoms with Crippen LogP contribution in [0.2, 0.25) is 15.1 Å². The van der Waals surface area contributed by atoms with Crippen LogP contribution in [0.25, 0.3) is 0 Å². The maximum atomic E-state index is 13.4. The van der Waals surface area contributed by atoms with Crippen LogP contribution in [0.3, 0.4) is 0 Å². The highest BCUT2D eigenvalue weighted by atomic mass is 35.5. The van der Waals surface area contributed by atoms with E-state index >= 15 is 0 Å². The molecule has 4 rings (SSSR count). The second-order valence-electron chi connectivity index (χ2n) is 8.03. The molecule has 0 radical (unpaired) electrons. The first kappa shape index (κ1) is 24.3. The Balaban J connectivity index is 1.58. The Morgan fingerprint density at radius 1 is 0.853 bits per heavy atom. The van der Waals surface area contributed by atoms with E-state index in [1.165, 1.54) is 4.90 Å². The average Bonchev–Trinajstić information content (AvgIpc) is 3.10. The van der Waals surface area contributed by atoms with Gasteiger partial charge in [-0.25, -0.2) is 4.90 Å². The van der Waals surface area contributed by atoms with Crippen LogP contribution < -0.4 is 4.90 Å². The van der Waals surface area contributed by atoms with Gasteiger partial charge in [-0.15, -0.1) is 0 Å². The fraction of sp³-hybridized carbons (Fsp3) is 0.192. The minimum Gasteiger partial charge on any atom is -0.329 e. The lowest BCUT2D eigenvalue weighted by Crippen LogP contribution is -2.47. The number of hydrogen-bond acceptors (Lipinski definition) is 3. The summed E-state index contributed by atoms with van der Waals surface area (Å²) >= 11 is 18.0. The molecule has 174 valence electrons. The van der Waals surface area contributed by atoms with E-state index in [0.717, 1.165) is 16.0 Å². The van der Waals surface area contributed by atoms with Crippen molar-refractivity contribution in [2.45, 2.75) is 25.3 Å². The number of anilines is 1. The van der Waals surface area contributed by atoms with Crippen molar-refractivity contribution in [3.05, 3.63) is 99.0 Å². The van der Waals surface area contributed by atoms with Crippen LogP contribution in [-0.4, -0.2) is 35.2 Å². The zero-order valence-electron chi connectivity index (χ0n) is 18.1. The van der Waals surface area contributed by atoms with Gasteiger partial charge in [-0.1, -0.05) is 59.1 Å². The van der Waals surface area contributed by atoms with Crippen LogP contribution in [0.4, 0.5) is 5.69 Å². The molecule has 3 aromatic rings. The Hall–Kier alpha value is -2.86. The highest BCUT2D eigenvalue weighted by molar-refractivity contribution is 6.31. The van der Waals surface area contributed by atoms with E-state index < -0.39 is 11.9 Å². The van der Waals surface area contributed by atoms with E-state index in [-0.39, 0.29) is 31.2 Å². The summed E-state index contributed by atoms with van der Waals surface area (Å²) < 4.78 is 0. The van der Waals surface area contributed by atoms with Gasteiger partial charge in [0.2, 0.25) is 11.8 Å². The van der Waals surface area contributed by atoms with Gasteiger partial charge in [-0.2, -0.15) is 0 Å². The normalized spacial score (nSPS) is 15.6. The summed E-state index contributed by atoms with van der Waals surface area (Å²) in [6.45, 7) is 0.269. The fourth-order valence-electron chi connectivity index (χ4n) is 4.00. The Morgan fingerprint density at radius 3 is 2.15 bits per heavy atom. The molecule has 3 amide bonds. The molecule has 1 aliphatic heterocycles. The lowest BCUT2D eigenvalue weighted by molar-refractivity contribution is -0.137. The van der Waals surface area contributed by atoms with Crippen LogP contribution in [0.5, 0.6) is 0 Å². The molecule has 3 aromatic carbocycles. The first-order chi connectivity index (χ1) is 16.3. The van der Waals surface area contributed by atoms with Crippen LogP contribution in [0.15, 0.2) is 72.8 Å². The Labute approximate surface area is 212 Å². The summed E-state index contributed by atoms with van der Waals surface area (Å²) in [6, 6.07) is 19.9. The monoisotopic (exact) mass is 514 g/mol. The molecule has 0 aromatic heterocycles. The van der Waals surface area contributed by atoms with E-state index in [9.17, 15) is 14.4 Å². The smallest absolute Gasteiger partial charge is 0.257 e.